The predicted octanol–water partition coefficient (Wildman–Crippen LogP) is 3.08. The third kappa shape index (κ3) is 6.49. The average molecular weight is 230 g/mol. The Hall–Kier alpha value is -0.0800. The van der Waals surface area contributed by atoms with E-state index in [9.17, 15) is 0 Å². The van der Waals surface area contributed by atoms with Gasteiger partial charge in [-0.05, 0) is 36.5 Å². The number of rotatable bonds is 9. The van der Waals surface area contributed by atoms with Gasteiger partial charge in [-0.25, -0.2) is 0 Å². The van der Waals surface area contributed by atoms with Gasteiger partial charge in [-0.1, -0.05) is 40.5 Å². The monoisotopic (exact) mass is 230 g/mol. The van der Waals surface area contributed by atoms with Crippen molar-refractivity contribution in [3.8, 4) is 0 Å². The van der Waals surface area contributed by atoms with Gasteiger partial charge in [-0.2, -0.15) is 0 Å². The van der Waals surface area contributed by atoms with E-state index in [2.05, 4.69) is 27.7 Å². The molecule has 0 fully saturated rings. The molecule has 0 saturated carbocycles. The summed E-state index contributed by atoms with van der Waals surface area (Å²) in [6.07, 6.45) is 4.31. The lowest BCUT2D eigenvalue weighted by Gasteiger charge is -2.23. The Labute approximate surface area is 101 Å². The summed E-state index contributed by atoms with van der Waals surface area (Å²) >= 11 is 0. The first kappa shape index (κ1) is 15.9. The first-order valence-corrected chi connectivity index (χ1v) is 6.74. The lowest BCUT2D eigenvalue weighted by atomic mass is 9.83. The Balaban J connectivity index is 3.77. The van der Waals surface area contributed by atoms with E-state index in [4.69, 9.17) is 10.2 Å². The van der Waals surface area contributed by atoms with Crippen molar-refractivity contribution in [1.29, 1.82) is 0 Å². The minimum absolute atomic E-state index is 0.308. The van der Waals surface area contributed by atoms with Gasteiger partial charge in [0.25, 0.3) is 0 Å². The van der Waals surface area contributed by atoms with Crippen molar-refractivity contribution < 1.29 is 10.2 Å². The Morgan fingerprint density at radius 1 is 0.562 bits per heavy atom. The van der Waals surface area contributed by atoms with E-state index in [1.807, 2.05) is 0 Å². The minimum atomic E-state index is 0.308. The molecule has 16 heavy (non-hydrogen) atoms. The van der Waals surface area contributed by atoms with Crippen LogP contribution in [0.2, 0.25) is 0 Å². The Morgan fingerprint density at radius 3 is 1.06 bits per heavy atom. The Bertz CT molecular complexity index is 141. The van der Waals surface area contributed by atoms with E-state index >= 15 is 0 Å². The maximum absolute atomic E-state index is 8.89. The van der Waals surface area contributed by atoms with Crippen molar-refractivity contribution in [3.05, 3.63) is 0 Å². The van der Waals surface area contributed by atoms with Crippen LogP contribution in [0, 0.1) is 23.7 Å². The maximum atomic E-state index is 8.89. The molecule has 0 heterocycles. The predicted molar refractivity (Wildman–Crippen MR) is 69.3 cm³/mol. The van der Waals surface area contributed by atoms with Gasteiger partial charge in [0.05, 0.1) is 0 Å². The van der Waals surface area contributed by atoms with Crippen LogP contribution in [0.5, 0.6) is 0 Å². The summed E-state index contributed by atoms with van der Waals surface area (Å²) in [5.41, 5.74) is 0. The summed E-state index contributed by atoms with van der Waals surface area (Å²) in [5.74, 6) is 2.61. The van der Waals surface area contributed by atoms with Gasteiger partial charge < -0.3 is 10.2 Å². The first-order valence-electron chi connectivity index (χ1n) is 6.74. The van der Waals surface area contributed by atoms with Crippen LogP contribution in [0.15, 0.2) is 0 Å². The molecule has 0 radical (unpaired) electrons. The van der Waals surface area contributed by atoms with Crippen molar-refractivity contribution in [1.82, 2.24) is 0 Å². The number of hydrogen-bond acceptors (Lipinski definition) is 2. The quantitative estimate of drug-likeness (QED) is 0.639. The molecule has 2 nitrogen and oxygen atoms in total. The van der Waals surface area contributed by atoms with Crippen LogP contribution in [0.25, 0.3) is 0 Å². The van der Waals surface area contributed by atoms with E-state index < -0.39 is 0 Å². The van der Waals surface area contributed by atoms with Crippen molar-refractivity contribution in [3.63, 3.8) is 0 Å². The standard InChI is InChI=1S/C14H30O2/c1-11(13(3)7-9-15)5-6-12(2)14(4)8-10-16/h11-16H,5-10H2,1-4H3. The van der Waals surface area contributed by atoms with E-state index in [1.165, 1.54) is 12.8 Å². The second-order valence-electron chi connectivity index (χ2n) is 5.51. The van der Waals surface area contributed by atoms with Crippen LogP contribution < -0.4 is 0 Å². The lowest BCUT2D eigenvalue weighted by molar-refractivity contribution is 0.206. The molecule has 2 N–H and O–H groups in total. The van der Waals surface area contributed by atoms with Gasteiger partial charge in [-0.3, -0.25) is 0 Å². The molecule has 98 valence electrons. The normalized spacial score (nSPS) is 19.1. The fourth-order valence-electron chi connectivity index (χ4n) is 2.07. The van der Waals surface area contributed by atoms with Crippen molar-refractivity contribution in [2.45, 2.75) is 53.4 Å². The summed E-state index contributed by atoms with van der Waals surface area (Å²) in [6, 6.07) is 0. The van der Waals surface area contributed by atoms with Crippen molar-refractivity contribution >= 4 is 0 Å². The van der Waals surface area contributed by atoms with Crippen molar-refractivity contribution in [2.75, 3.05) is 13.2 Å². The summed E-state index contributed by atoms with van der Waals surface area (Å²) in [7, 11) is 0. The first-order chi connectivity index (χ1) is 7.52. The molecule has 0 rings (SSSR count). The topological polar surface area (TPSA) is 40.5 Å². The lowest BCUT2D eigenvalue weighted by Crippen LogP contribution is -2.14. The fraction of sp³-hybridized carbons (Fsp3) is 1.00. The molecule has 0 aliphatic rings. The largest absolute Gasteiger partial charge is 0.396 e. The minimum Gasteiger partial charge on any atom is -0.396 e. The zero-order chi connectivity index (χ0) is 12.6. The van der Waals surface area contributed by atoms with E-state index in [1.54, 1.807) is 0 Å². The SMILES string of the molecule is CC(CCO)C(C)CCC(C)C(C)CCO. The molecule has 0 amide bonds. The number of aliphatic hydroxyl groups excluding tert-OH is 2. The molecule has 2 heteroatoms. The third-order valence-corrected chi connectivity index (χ3v) is 4.19. The summed E-state index contributed by atoms with van der Waals surface area (Å²) < 4.78 is 0. The molecule has 4 unspecified atom stereocenters. The number of hydrogen-bond donors (Lipinski definition) is 2. The molecule has 0 saturated heterocycles. The highest BCUT2D eigenvalue weighted by molar-refractivity contribution is 4.67. The summed E-state index contributed by atoms with van der Waals surface area (Å²) in [6.45, 7) is 9.63. The summed E-state index contributed by atoms with van der Waals surface area (Å²) in [5, 5.41) is 17.8. The zero-order valence-electron chi connectivity index (χ0n) is 11.4. The molecular formula is C14H30O2. The van der Waals surface area contributed by atoms with Gasteiger partial charge in [0.2, 0.25) is 0 Å². The van der Waals surface area contributed by atoms with Gasteiger partial charge in [0.1, 0.15) is 0 Å². The molecule has 0 bridgehead atoms. The third-order valence-electron chi connectivity index (χ3n) is 4.19. The van der Waals surface area contributed by atoms with Crippen LogP contribution in [-0.4, -0.2) is 23.4 Å². The van der Waals surface area contributed by atoms with Crippen LogP contribution in [0.4, 0.5) is 0 Å². The van der Waals surface area contributed by atoms with E-state index in [0.29, 0.717) is 36.9 Å². The molecule has 0 aliphatic carbocycles. The highest BCUT2D eigenvalue weighted by Crippen LogP contribution is 2.26. The molecule has 0 spiro atoms. The smallest absolute Gasteiger partial charge is 0.0433 e. The molecule has 0 aromatic carbocycles. The van der Waals surface area contributed by atoms with Crippen LogP contribution in [-0.2, 0) is 0 Å². The van der Waals surface area contributed by atoms with Crippen LogP contribution in [0.3, 0.4) is 0 Å². The zero-order valence-corrected chi connectivity index (χ0v) is 11.4. The van der Waals surface area contributed by atoms with Gasteiger partial charge in [-0.15, -0.1) is 0 Å². The molecule has 0 aromatic heterocycles. The average Bonchev–Trinajstić information content (AvgIpc) is 2.25. The highest BCUT2D eigenvalue weighted by atomic mass is 16.3. The Morgan fingerprint density at radius 2 is 0.812 bits per heavy atom. The second-order valence-corrected chi connectivity index (χ2v) is 5.51. The molecule has 0 aliphatic heterocycles. The second kappa shape index (κ2) is 9.00. The molecular weight excluding hydrogens is 200 g/mol. The van der Waals surface area contributed by atoms with Crippen LogP contribution >= 0.6 is 0 Å². The maximum Gasteiger partial charge on any atom is 0.0433 e. The number of aliphatic hydroxyl groups is 2. The van der Waals surface area contributed by atoms with Gasteiger partial charge in [0.15, 0.2) is 0 Å². The van der Waals surface area contributed by atoms with Gasteiger partial charge >= 0.3 is 0 Å². The van der Waals surface area contributed by atoms with E-state index in [0.717, 1.165) is 12.8 Å². The highest BCUT2D eigenvalue weighted by Gasteiger charge is 2.16. The van der Waals surface area contributed by atoms with Gasteiger partial charge in [0, 0.05) is 13.2 Å². The Kier molecular flexibility index (Phi) is 8.96. The molecule has 0 aromatic rings. The fourth-order valence-corrected chi connectivity index (χ4v) is 2.07. The summed E-state index contributed by atoms with van der Waals surface area (Å²) in [4.78, 5) is 0. The van der Waals surface area contributed by atoms with Crippen molar-refractivity contribution in [2.24, 2.45) is 23.7 Å². The molecule has 4 atom stereocenters. The van der Waals surface area contributed by atoms with Crippen LogP contribution in [0.1, 0.15) is 53.4 Å². The van der Waals surface area contributed by atoms with E-state index in [-0.39, 0.29) is 0 Å².